The van der Waals surface area contributed by atoms with E-state index in [0.717, 1.165) is 32.1 Å². The molecule has 0 heterocycles. The lowest BCUT2D eigenvalue weighted by molar-refractivity contribution is -0.161. The van der Waals surface area contributed by atoms with Crippen molar-refractivity contribution in [2.75, 3.05) is 26.4 Å². The van der Waals surface area contributed by atoms with Gasteiger partial charge in [-0.2, -0.15) is 0 Å². The van der Waals surface area contributed by atoms with Crippen molar-refractivity contribution in [2.24, 2.45) is 5.73 Å². The molecule has 11 heteroatoms. The molecule has 320 valence electrons. The van der Waals surface area contributed by atoms with Crippen molar-refractivity contribution in [1.29, 1.82) is 0 Å². The Balaban J connectivity index is 4.43. The van der Waals surface area contributed by atoms with Gasteiger partial charge in [-0.25, -0.2) is 4.57 Å². The Labute approximate surface area is 339 Å². The Kier molecular flexibility index (Phi) is 38.3. The summed E-state index contributed by atoms with van der Waals surface area (Å²) in [7, 11) is -4.42. The predicted molar refractivity (Wildman–Crippen MR) is 230 cm³/mol. The summed E-state index contributed by atoms with van der Waals surface area (Å²) in [6.45, 7) is 3.46. The quantitative estimate of drug-likeness (QED) is 0.0180. The van der Waals surface area contributed by atoms with Crippen molar-refractivity contribution < 1.29 is 42.7 Å². The van der Waals surface area contributed by atoms with E-state index in [0.29, 0.717) is 32.1 Å². The highest BCUT2D eigenvalue weighted by atomic mass is 31.2. The minimum absolute atomic E-state index is 0.0246. The van der Waals surface area contributed by atoms with Gasteiger partial charge in [0.2, 0.25) is 0 Å². The minimum Gasteiger partial charge on any atom is -0.462 e. The van der Waals surface area contributed by atoms with E-state index in [-0.39, 0.29) is 32.6 Å². The van der Waals surface area contributed by atoms with Gasteiger partial charge in [-0.15, -0.1) is 0 Å². The van der Waals surface area contributed by atoms with E-state index in [4.69, 9.17) is 24.3 Å². The summed E-state index contributed by atoms with van der Waals surface area (Å²) >= 11 is 0. The molecule has 0 rings (SSSR count). The fourth-order valence-electron chi connectivity index (χ4n) is 5.13. The number of aliphatic hydroxyl groups is 1. The topological polar surface area (TPSA) is 155 Å². The lowest BCUT2D eigenvalue weighted by atomic mass is 10.1. The second kappa shape index (κ2) is 40.4. The fraction of sp³-hybridized carbons (Fsp3) is 0.644. The number of phosphoric ester groups is 1. The number of nitrogens with two attached hydrogens (primary N) is 1. The Bertz CT molecular complexity index is 1210. The maximum absolute atomic E-state index is 12.5. The van der Waals surface area contributed by atoms with Crippen LogP contribution in [0.15, 0.2) is 85.1 Å². The molecule has 0 aromatic carbocycles. The molecule has 0 radical (unpaired) electrons. The number of allylic oxidation sites excluding steroid dienone is 12. The molecular formula is C45H76NO9P. The number of ether oxygens (including phenoxy) is 2. The standard InChI is InChI=1S/C45H76NO9P/c1-3-5-7-9-11-12-13-14-15-16-17-18-19-20-24-29-33-37-45(49)55-43(41-54-56(50,51)53-39-38-46)40-52-44(48)36-32-28-25-21-23-27-31-35-42(47)34-30-26-22-10-8-6-4-2/h14-15,17-18,20-22,24-27,30-31,34,42-43,47H,3-13,16,19,23,28-29,32-33,35-41,46H2,1-2H3,(H,50,51)/b15-14-,18-17-,24-20-,25-21+,26-22-,31-27-,34-30-/t42-,43-/m1/s1. The summed E-state index contributed by atoms with van der Waals surface area (Å²) in [6, 6.07) is 0. The Morgan fingerprint density at radius 1 is 0.625 bits per heavy atom. The van der Waals surface area contributed by atoms with E-state index in [1.54, 1.807) is 6.08 Å². The van der Waals surface area contributed by atoms with Crippen LogP contribution in [0.3, 0.4) is 0 Å². The summed E-state index contributed by atoms with van der Waals surface area (Å²) in [6.07, 6.45) is 46.5. The zero-order valence-corrected chi connectivity index (χ0v) is 35.6. The molecule has 0 spiro atoms. The van der Waals surface area contributed by atoms with Gasteiger partial charge in [0.05, 0.1) is 19.3 Å². The number of carbonyl (C=O) groups excluding carboxylic acids is 2. The number of hydrogen-bond donors (Lipinski definition) is 3. The predicted octanol–water partition coefficient (Wildman–Crippen LogP) is 11.0. The van der Waals surface area contributed by atoms with Crippen molar-refractivity contribution in [3.8, 4) is 0 Å². The molecule has 0 aliphatic carbocycles. The summed E-state index contributed by atoms with van der Waals surface area (Å²) in [4.78, 5) is 34.8. The summed E-state index contributed by atoms with van der Waals surface area (Å²) in [5, 5.41) is 10.0. The van der Waals surface area contributed by atoms with E-state index in [1.165, 1.54) is 57.8 Å². The van der Waals surface area contributed by atoms with Crippen molar-refractivity contribution >= 4 is 19.8 Å². The molecule has 0 aromatic heterocycles. The minimum atomic E-state index is -4.42. The first-order valence-corrected chi connectivity index (χ1v) is 22.7. The molecule has 0 bridgehead atoms. The van der Waals surface area contributed by atoms with Gasteiger partial charge in [-0.1, -0.05) is 144 Å². The van der Waals surface area contributed by atoms with Crippen LogP contribution in [0, 0.1) is 0 Å². The Hall–Kier alpha value is -2.85. The lowest BCUT2D eigenvalue weighted by Gasteiger charge is -2.19. The molecule has 1 unspecified atom stereocenters. The second-order valence-corrected chi connectivity index (χ2v) is 15.2. The highest BCUT2D eigenvalue weighted by Gasteiger charge is 2.25. The summed E-state index contributed by atoms with van der Waals surface area (Å²) < 4.78 is 32.6. The maximum atomic E-state index is 12.5. The largest absolute Gasteiger partial charge is 0.472 e. The van der Waals surface area contributed by atoms with Gasteiger partial charge in [0.25, 0.3) is 0 Å². The first kappa shape index (κ1) is 53.1. The van der Waals surface area contributed by atoms with Crippen LogP contribution in [-0.4, -0.2) is 60.5 Å². The monoisotopic (exact) mass is 806 g/mol. The first-order valence-electron chi connectivity index (χ1n) is 21.2. The normalized spacial score (nSPS) is 14.7. The number of phosphoric acid groups is 1. The van der Waals surface area contributed by atoms with Crippen LogP contribution in [0.5, 0.6) is 0 Å². The van der Waals surface area contributed by atoms with E-state index in [2.05, 4.69) is 50.3 Å². The lowest BCUT2D eigenvalue weighted by Crippen LogP contribution is -2.29. The molecule has 56 heavy (non-hydrogen) atoms. The Morgan fingerprint density at radius 2 is 1.14 bits per heavy atom. The van der Waals surface area contributed by atoms with Gasteiger partial charge in [0.1, 0.15) is 6.61 Å². The van der Waals surface area contributed by atoms with Gasteiger partial charge in [0, 0.05) is 19.4 Å². The smallest absolute Gasteiger partial charge is 0.462 e. The second-order valence-electron chi connectivity index (χ2n) is 13.7. The zero-order valence-electron chi connectivity index (χ0n) is 34.7. The van der Waals surface area contributed by atoms with Crippen LogP contribution >= 0.6 is 7.82 Å². The molecular weight excluding hydrogens is 729 g/mol. The molecule has 4 N–H and O–H groups in total. The van der Waals surface area contributed by atoms with E-state index >= 15 is 0 Å². The van der Waals surface area contributed by atoms with Gasteiger partial charge in [-0.05, 0) is 77.0 Å². The van der Waals surface area contributed by atoms with Crippen molar-refractivity contribution in [3.05, 3.63) is 85.1 Å². The third-order valence-corrected chi connectivity index (χ3v) is 9.32. The zero-order chi connectivity index (χ0) is 41.2. The third-order valence-electron chi connectivity index (χ3n) is 8.33. The average molecular weight is 806 g/mol. The molecule has 0 aromatic rings. The SMILES string of the molecule is CCCCC/C=C\C=C/[C@@H](O)C/C=C\C/C=C/CCCC(=O)OC[C@H](COP(=O)(O)OCCN)OC(=O)CCC/C=C\C/C=C\C/C=C\CCCCCCCC. The molecule has 3 atom stereocenters. The molecule has 0 amide bonds. The van der Waals surface area contributed by atoms with Crippen LogP contribution in [-0.2, 0) is 32.7 Å². The molecule has 0 aliphatic rings. The highest BCUT2D eigenvalue weighted by molar-refractivity contribution is 7.47. The van der Waals surface area contributed by atoms with E-state index < -0.39 is 38.6 Å². The van der Waals surface area contributed by atoms with Crippen molar-refractivity contribution in [3.63, 3.8) is 0 Å². The number of esters is 2. The maximum Gasteiger partial charge on any atom is 0.472 e. The van der Waals surface area contributed by atoms with Crippen LogP contribution in [0.4, 0.5) is 0 Å². The summed E-state index contributed by atoms with van der Waals surface area (Å²) in [5.41, 5.74) is 5.33. The van der Waals surface area contributed by atoms with Crippen LogP contribution < -0.4 is 5.73 Å². The number of carbonyl (C=O) groups is 2. The number of aliphatic hydroxyl groups excluding tert-OH is 1. The van der Waals surface area contributed by atoms with Gasteiger partial charge < -0.3 is 25.2 Å². The van der Waals surface area contributed by atoms with E-state index in [9.17, 15) is 24.2 Å². The van der Waals surface area contributed by atoms with Crippen molar-refractivity contribution in [1.82, 2.24) is 0 Å². The molecule has 0 saturated heterocycles. The molecule has 10 nitrogen and oxygen atoms in total. The van der Waals surface area contributed by atoms with Gasteiger partial charge >= 0.3 is 19.8 Å². The number of unbranched alkanes of at least 4 members (excludes halogenated alkanes) is 11. The molecule has 0 saturated carbocycles. The Morgan fingerprint density at radius 3 is 1.79 bits per heavy atom. The molecule has 0 fully saturated rings. The van der Waals surface area contributed by atoms with Crippen LogP contribution in [0.2, 0.25) is 0 Å². The third kappa shape index (κ3) is 39.4. The highest BCUT2D eigenvalue weighted by Crippen LogP contribution is 2.43. The van der Waals surface area contributed by atoms with Gasteiger partial charge in [0.15, 0.2) is 6.10 Å². The van der Waals surface area contributed by atoms with E-state index in [1.807, 2.05) is 42.5 Å². The van der Waals surface area contributed by atoms with Gasteiger partial charge in [-0.3, -0.25) is 18.6 Å². The summed E-state index contributed by atoms with van der Waals surface area (Å²) in [5.74, 6) is -1.01. The number of hydrogen-bond acceptors (Lipinski definition) is 9. The number of rotatable bonds is 38. The fourth-order valence-corrected chi connectivity index (χ4v) is 5.90. The average Bonchev–Trinajstić information content (AvgIpc) is 3.18. The van der Waals surface area contributed by atoms with Crippen molar-refractivity contribution in [2.45, 2.75) is 161 Å². The molecule has 0 aliphatic heterocycles. The first-order chi connectivity index (χ1) is 27.2. The van der Waals surface area contributed by atoms with Crippen LogP contribution in [0.25, 0.3) is 0 Å². The van der Waals surface area contributed by atoms with Crippen LogP contribution in [0.1, 0.15) is 149 Å².